The fraction of sp³-hybridized carbons (Fsp3) is 0.368. The highest BCUT2D eigenvalue weighted by atomic mass is 16.5. The molecule has 4 heteroatoms. The molecule has 0 atom stereocenters. The van der Waals surface area contributed by atoms with E-state index >= 15 is 0 Å². The maximum Gasteiger partial charge on any atom is 0.257 e. The molecule has 0 N–H and O–H groups in total. The molecule has 0 saturated heterocycles. The Balaban J connectivity index is 1.87. The van der Waals surface area contributed by atoms with Gasteiger partial charge in [-0.05, 0) is 29.7 Å². The molecule has 0 spiro atoms. The van der Waals surface area contributed by atoms with Crippen LogP contribution in [-0.2, 0) is 13.0 Å². The number of aromatic nitrogens is 1. The third kappa shape index (κ3) is 3.52. The number of fused-ring (bicyclic) bond motifs is 1. The van der Waals surface area contributed by atoms with Crippen LogP contribution in [0.4, 0.5) is 0 Å². The molecule has 1 aromatic heterocycles. The van der Waals surface area contributed by atoms with Crippen LogP contribution in [0.2, 0.25) is 0 Å². The van der Waals surface area contributed by atoms with Crippen LogP contribution in [0.1, 0.15) is 35.5 Å². The van der Waals surface area contributed by atoms with Crippen LogP contribution in [0.15, 0.2) is 42.6 Å². The van der Waals surface area contributed by atoms with Gasteiger partial charge >= 0.3 is 0 Å². The molecule has 1 aliphatic heterocycles. The molecule has 0 radical (unpaired) electrons. The van der Waals surface area contributed by atoms with Crippen LogP contribution in [0.25, 0.3) is 0 Å². The SMILES string of the molecule is CC(C)CN(Cc1ccccn1)C(=O)c1cccc2c1OCC2. The summed E-state index contributed by atoms with van der Waals surface area (Å²) in [5.74, 6) is 1.16. The quantitative estimate of drug-likeness (QED) is 0.851. The number of amides is 1. The molecule has 0 fully saturated rings. The molecule has 0 bridgehead atoms. The molecular weight excluding hydrogens is 288 g/mol. The summed E-state index contributed by atoms with van der Waals surface area (Å²) < 4.78 is 5.69. The van der Waals surface area contributed by atoms with E-state index in [1.807, 2.05) is 41.3 Å². The smallest absolute Gasteiger partial charge is 0.257 e. The van der Waals surface area contributed by atoms with Crippen molar-refractivity contribution in [2.45, 2.75) is 26.8 Å². The van der Waals surface area contributed by atoms with Crippen molar-refractivity contribution in [3.8, 4) is 5.75 Å². The van der Waals surface area contributed by atoms with Gasteiger partial charge in [0.1, 0.15) is 5.75 Å². The highest BCUT2D eigenvalue weighted by Gasteiger charge is 2.25. The lowest BCUT2D eigenvalue weighted by Crippen LogP contribution is -2.34. The zero-order chi connectivity index (χ0) is 16.2. The number of carbonyl (C=O) groups is 1. The molecular formula is C19H22N2O2. The average Bonchev–Trinajstić information content (AvgIpc) is 3.02. The molecule has 3 rings (SSSR count). The minimum atomic E-state index is 0.0168. The molecule has 2 heterocycles. The summed E-state index contributed by atoms with van der Waals surface area (Å²) in [6, 6.07) is 11.6. The van der Waals surface area contributed by atoms with Crippen molar-refractivity contribution in [3.05, 3.63) is 59.4 Å². The van der Waals surface area contributed by atoms with Crippen LogP contribution in [0, 0.1) is 5.92 Å². The second-order valence-corrected chi connectivity index (χ2v) is 6.29. The highest BCUT2D eigenvalue weighted by Crippen LogP contribution is 2.30. The van der Waals surface area contributed by atoms with Gasteiger partial charge in [-0.25, -0.2) is 0 Å². The van der Waals surface area contributed by atoms with Gasteiger partial charge in [0.15, 0.2) is 0 Å². The van der Waals surface area contributed by atoms with Gasteiger partial charge in [0.05, 0.1) is 24.4 Å². The molecule has 0 unspecified atom stereocenters. The fourth-order valence-corrected chi connectivity index (χ4v) is 2.90. The Labute approximate surface area is 137 Å². The first kappa shape index (κ1) is 15.5. The molecule has 4 nitrogen and oxygen atoms in total. The lowest BCUT2D eigenvalue weighted by atomic mass is 10.1. The Kier molecular flexibility index (Phi) is 4.60. The third-order valence-electron chi connectivity index (χ3n) is 3.90. The van der Waals surface area contributed by atoms with E-state index in [2.05, 4.69) is 18.8 Å². The van der Waals surface area contributed by atoms with Gasteiger partial charge in [0, 0.05) is 19.2 Å². The van der Waals surface area contributed by atoms with Gasteiger partial charge in [0.2, 0.25) is 0 Å². The highest BCUT2D eigenvalue weighted by molar-refractivity contribution is 5.97. The first-order chi connectivity index (χ1) is 11.1. The van der Waals surface area contributed by atoms with Crippen molar-refractivity contribution in [3.63, 3.8) is 0 Å². The first-order valence-corrected chi connectivity index (χ1v) is 8.09. The monoisotopic (exact) mass is 310 g/mol. The van der Waals surface area contributed by atoms with Gasteiger partial charge in [-0.1, -0.05) is 32.0 Å². The number of carbonyl (C=O) groups excluding carboxylic acids is 1. The number of hydrogen-bond donors (Lipinski definition) is 0. The van der Waals surface area contributed by atoms with E-state index < -0.39 is 0 Å². The fourth-order valence-electron chi connectivity index (χ4n) is 2.90. The van der Waals surface area contributed by atoms with Gasteiger partial charge < -0.3 is 9.64 Å². The maximum absolute atomic E-state index is 13.1. The number of nitrogens with zero attached hydrogens (tertiary/aromatic N) is 2. The standard InChI is InChI=1S/C19H22N2O2/c1-14(2)12-21(13-16-7-3-4-10-20-16)19(22)17-8-5-6-15-9-11-23-18(15)17/h3-8,10,14H,9,11-13H2,1-2H3. The summed E-state index contributed by atoms with van der Waals surface area (Å²) in [5, 5.41) is 0. The van der Waals surface area contributed by atoms with Crippen molar-refractivity contribution >= 4 is 5.91 Å². The zero-order valence-electron chi connectivity index (χ0n) is 13.7. The molecule has 120 valence electrons. The Hall–Kier alpha value is -2.36. The predicted octanol–water partition coefficient (Wildman–Crippen LogP) is 3.31. The summed E-state index contributed by atoms with van der Waals surface area (Å²) in [6.45, 7) is 6.10. The Morgan fingerprint density at radius 3 is 2.87 bits per heavy atom. The Morgan fingerprint density at radius 1 is 1.26 bits per heavy atom. The lowest BCUT2D eigenvalue weighted by Gasteiger charge is -2.25. The molecule has 1 aliphatic rings. The van der Waals surface area contributed by atoms with Gasteiger partial charge in [-0.2, -0.15) is 0 Å². The van der Waals surface area contributed by atoms with E-state index in [1.165, 1.54) is 0 Å². The molecule has 2 aromatic rings. The molecule has 0 saturated carbocycles. The summed E-state index contributed by atoms with van der Waals surface area (Å²) in [4.78, 5) is 19.3. The Morgan fingerprint density at radius 2 is 2.13 bits per heavy atom. The summed E-state index contributed by atoms with van der Waals surface area (Å²) in [5.41, 5.74) is 2.68. The molecule has 1 aromatic carbocycles. The minimum absolute atomic E-state index is 0.0168. The molecule has 23 heavy (non-hydrogen) atoms. The summed E-state index contributed by atoms with van der Waals surface area (Å²) in [7, 11) is 0. The Bertz CT molecular complexity index is 683. The van der Waals surface area contributed by atoms with Crippen molar-refractivity contribution in [2.24, 2.45) is 5.92 Å². The summed E-state index contributed by atoms with van der Waals surface area (Å²) in [6.07, 6.45) is 2.64. The van der Waals surface area contributed by atoms with Crippen LogP contribution in [0.5, 0.6) is 5.75 Å². The molecule has 1 amide bonds. The minimum Gasteiger partial charge on any atom is -0.492 e. The number of benzene rings is 1. The van der Waals surface area contributed by atoms with Crippen molar-refractivity contribution < 1.29 is 9.53 Å². The first-order valence-electron chi connectivity index (χ1n) is 8.09. The number of ether oxygens (including phenoxy) is 1. The van der Waals surface area contributed by atoms with Crippen LogP contribution in [0.3, 0.4) is 0 Å². The summed E-state index contributed by atoms with van der Waals surface area (Å²) >= 11 is 0. The van der Waals surface area contributed by atoms with Gasteiger partial charge in [0.25, 0.3) is 5.91 Å². The molecule has 0 aliphatic carbocycles. The number of rotatable bonds is 5. The van der Waals surface area contributed by atoms with E-state index in [1.54, 1.807) is 6.20 Å². The van der Waals surface area contributed by atoms with Crippen molar-refractivity contribution in [2.75, 3.05) is 13.2 Å². The number of pyridine rings is 1. The van der Waals surface area contributed by atoms with Crippen molar-refractivity contribution in [1.29, 1.82) is 0 Å². The normalized spacial score (nSPS) is 12.8. The topological polar surface area (TPSA) is 42.4 Å². The lowest BCUT2D eigenvalue weighted by molar-refractivity contribution is 0.0717. The van der Waals surface area contributed by atoms with Crippen molar-refractivity contribution in [1.82, 2.24) is 9.88 Å². The zero-order valence-corrected chi connectivity index (χ0v) is 13.7. The van der Waals surface area contributed by atoms with Crippen LogP contribution in [-0.4, -0.2) is 28.9 Å². The van der Waals surface area contributed by atoms with Gasteiger partial charge in [-0.15, -0.1) is 0 Å². The van der Waals surface area contributed by atoms with Crippen LogP contribution < -0.4 is 4.74 Å². The van der Waals surface area contributed by atoms with E-state index in [0.717, 1.165) is 23.4 Å². The average molecular weight is 310 g/mol. The van der Waals surface area contributed by atoms with E-state index in [0.29, 0.717) is 31.2 Å². The van der Waals surface area contributed by atoms with E-state index in [9.17, 15) is 4.79 Å². The largest absolute Gasteiger partial charge is 0.492 e. The second-order valence-electron chi connectivity index (χ2n) is 6.29. The number of hydrogen-bond acceptors (Lipinski definition) is 3. The predicted molar refractivity (Wildman–Crippen MR) is 89.5 cm³/mol. The maximum atomic E-state index is 13.1. The second kappa shape index (κ2) is 6.82. The van der Waals surface area contributed by atoms with E-state index in [-0.39, 0.29) is 5.91 Å². The van der Waals surface area contributed by atoms with E-state index in [4.69, 9.17) is 4.74 Å². The van der Waals surface area contributed by atoms with Gasteiger partial charge in [-0.3, -0.25) is 9.78 Å². The third-order valence-corrected chi connectivity index (χ3v) is 3.90. The number of para-hydroxylation sites is 1. The van der Waals surface area contributed by atoms with Crippen LogP contribution >= 0.6 is 0 Å².